The Labute approximate surface area is 102 Å². The number of ether oxygens (including phenoxy) is 1. The van der Waals surface area contributed by atoms with Gasteiger partial charge in [-0.05, 0) is 25.8 Å². The van der Waals surface area contributed by atoms with E-state index in [1.807, 2.05) is 20.8 Å². The highest BCUT2D eigenvalue weighted by Gasteiger charge is 2.46. The molecule has 98 valence electrons. The Morgan fingerprint density at radius 3 is 2.53 bits per heavy atom. The quantitative estimate of drug-likeness (QED) is 0.350. The Kier molecular flexibility index (Phi) is 5.27. The second-order valence-electron chi connectivity index (χ2n) is 4.71. The van der Waals surface area contributed by atoms with E-state index >= 15 is 0 Å². The van der Waals surface area contributed by atoms with Crippen molar-refractivity contribution in [2.75, 3.05) is 0 Å². The van der Waals surface area contributed by atoms with Gasteiger partial charge in [-0.3, -0.25) is 10.1 Å². The van der Waals surface area contributed by atoms with Crippen molar-refractivity contribution in [3.63, 3.8) is 0 Å². The smallest absolute Gasteiger partial charge is 0.172 e. The maximum atomic E-state index is 11.5. The Balaban J connectivity index is 2.39. The lowest BCUT2D eigenvalue weighted by molar-refractivity contribution is -0.116. The molecule has 4 atom stereocenters. The van der Waals surface area contributed by atoms with Gasteiger partial charge in [-0.15, -0.1) is 0 Å². The van der Waals surface area contributed by atoms with Crippen molar-refractivity contribution in [2.24, 2.45) is 5.92 Å². The van der Waals surface area contributed by atoms with E-state index in [4.69, 9.17) is 9.94 Å². The predicted octanol–water partition coefficient (Wildman–Crippen LogP) is 0.838. The van der Waals surface area contributed by atoms with Crippen molar-refractivity contribution >= 4 is 5.78 Å². The normalized spacial score (nSPS) is 27.4. The van der Waals surface area contributed by atoms with Crippen molar-refractivity contribution < 1.29 is 14.7 Å². The number of rotatable bonds is 7. The summed E-state index contributed by atoms with van der Waals surface area (Å²) in [4.78, 5) is 11.5. The summed E-state index contributed by atoms with van der Waals surface area (Å²) in [5.74, 6) is 0.290. The number of epoxide rings is 1. The average molecular weight is 242 g/mol. The molecule has 1 saturated heterocycles. The monoisotopic (exact) mass is 242 g/mol. The van der Waals surface area contributed by atoms with Crippen LogP contribution in [0.4, 0.5) is 0 Å². The molecule has 0 aliphatic carbocycles. The number of ketones is 1. The molecule has 0 aromatic carbocycles. The third-order valence-electron chi connectivity index (χ3n) is 2.92. The molecule has 5 heteroatoms. The second kappa shape index (κ2) is 6.26. The fraction of sp³-hybridized carbons (Fsp3) is 0.750. The molecule has 0 radical (unpaired) electrons. The number of hydroxylamine groups is 1. The molecule has 0 bridgehead atoms. The van der Waals surface area contributed by atoms with Gasteiger partial charge in [0.25, 0.3) is 0 Å². The summed E-state index contributed by atoms with van der Waals surface area (Å²) < 4.78 is 5.42. The molecule has 1 aliphatic heterocycles. The zero-order valence-corrected chi connectivity index (χ0v) is 10.8. The predicted molar refractivity (Wildman–Crippen MR) is 64.6 cm³/mol. The average Bonchev–Trinajstić information content (AvgIpc) is 2.98. The van der Waals surface area contributed by atoms with Crippen LogP contribution in [0.1, 0.15) is 27.7 Å². The van der Waals surface area contributed by atoms with Crippen molar-refractivity contribution in [3.8, 4) is 0 Å². The Morgan fingerprint density at radius 1 is 1.41 bits per heavy atom. The first kappa shape index (κ1) is 14.3. The summed E-state index contributed by atoms with van der Waals surface area (Å²) in [6.07, 6.45) is 3.02. The summed E-state index contributed by atoms with van der Waals surface area (Å²) >= 11 is 0. The zero-order chi connectivity index (χ0) is 13.0. The SMILES string of the molecule is C/C=C/C(=O)[C@H](C)NC1OC1[C@@H](NO)C(C)C. The maximum Gasteiger partial charge on any atom is 0.172 e. The van der Waals surface area contributed by atoms with E-state index in [1.54, 1.807) is 19.1 Å². The molecular formula is C12H22N2O3. The van der Waals surface area contributed by atoms with Crippen LogP contribution < -0.4 is 10.8 Å². The third kappa shape index (κ3) is 3.89. The van der Waals surface area contributed by atoms with Gasteiger partial charge in [0.15, 0.2) is 5.78 Å². The van der Waals surface area contributed by atoms with Gasteiger partial charge in [0.2, 0.25) is 0 Å². The number of carbonyl (C=O) groups is 1. The fourth-order valence-corrected chi connectivity index (χ4v) is 1.77. The first-order valence-electron chi connectivity index (χ1n) is 5.99. The molecule has 1 aliphatic rings. The van der Waals surface area contributed by atoms with Crippen LogP contribution in [-0.2, 0) is 9.53 Å². The maximum absolute atomic E-state index is 11.5. The Morgan fingerprint density at radius 2 is 2.06 bits per heavy atom. The summed E-state index contributed by atoms with van der Waals surface area (Å²) in [6.45, 7) is 7.62. The van der Waals surface area contributed by atoms with Crippen LogP contribution in [0.3, 0.4) is 0 Å². The molecule has 1 rings (SSSR count). The molecular weight excluding hydrogens is 220 g/mol. The van der Waals surface area contributed by atoms with Crippen molar-refractivity contribution in [1.82, 2.24) is 10.8 Å². The van der Waals surface area contributed by atoms with Crippen molar-refractivity contribution in [1.29, 1.82) is 0 Å². The van der Waals surface area contributed by atoms with Crippen LogP contribution in [0.15, 0.2) is 12.2 Å². The van der Waals surface area contributed by atoms with Crippen LogP contribution in [0.25, 0.3) is 0 Å². The van der Waals surface area contributed by atoms with E-state index in [0.717, 1.165) is 0 Å². The lowest BCUT2D eigenvalue weighted by Gasteiger charge is -2.16. The standard InChI is InChI=1S/C12H22N2O3/c1-5-6-9(15)8(4)13-12-11(17-12)10(14-16)7(2)3/h5-8,10-14,16H,1-4H3/b6-5+/t8-,10-,11?,12?/m0/s1. The van der Waals surface area contributed by atoms with Gasteiger partial charge in [-0.2, -0.15) is 5.48 Å². The molecule has 0 saturated carbocycles. The largest absolute Gasteiger partial charge is 0.351 e. The van der Waals surface area contributed by atoms with E-state index in [0.29, 0.717) is 0 Å². The van der Waals surface area contributed by atoms with Crippen LogP contribution in [0.5, 0.6) is 0 Å². The van der Waals surface area contributed by atoms with E-state index in [2.05, 4.69) is 10.8 Å². The van der Waals surface area contributed by atoms with Gasteiger partial charge in [-0.25, -0.2) is 0 Å². The van der Waals surface area contributed by atoms with Crippen LogP contribution >= 0.6 is 0 Å². The molecule has 0 aromatic heterocycles. The molecule has 2 unspecified atom stereocenters. The van der Waals surface area contributed by atoms with Gasteiger partial charge in [0.1, 0.15) is 12.3 Å². The van der Waals surface area contributed by atoms with E-state index in [9.17, 15) is 4.79 Å². The molecule has 1 heterocycles. The topological polar surface area (TPSA) is 73.9 Å². The first-order valence-corrected chi connectivity index (χ1v) is 5.99. The summed E-state index contributed by atoms with van der Waals surface area (Å²) in [7, 11) is 0. The van der Waals surface area contributed by atoms with Crippen molar-refractivity contribution in [3.05, 3.63) is 12.2 Å². The molecule has 17 heavy (non-hydrogen) atoms. The first-order chi connectivity index (χ1) is 8.01. The Bertz CT molecular complexity index is 291. The minimum atomic E-state index is -0.271. The number of hydrogen-bond acceptors (Lipinski definition) is 5. The lowest BCUT2D eigenvalue weighted by atomic mass is 10.0. The van der Waals surface area contributed by atoms with E-state index in [1.165, 1.54) is 0 Å². The summed E-state index contributed by atoms with van der Waals surface area (Å²) in [5.41, 5.74) is 2.26. The number of nitrogens with one attached hydrogen (secondary N) is 2. The van der Waals surface area contributed by atoms with Crippen LogP contribution in [0, 0.1) is 5.92 Å². The highest BCUT2D eigenvalue weighted by atomic mass is 16.6. The summed E-state index contributed by atoms with van der Waals surface area (Å²) in [6, 6.07) is -0.385. The van der Waals surface area contributed by atoms with Gasteiger partial charge in [-0.1, -0.05) is 19.9 Å². The zero-order valence-electron chi connectivity index (χ0n) is 10.8. The molecule has 0 aromatic rings. The van der Waals surface area contributed by atoms with Crippen LogP contribution in [-0.4, -0.2) is 35.4 Å². The minimum Gasteiger partial charge on any atom is -0.351 e. The number of carbonyl (C=O) groups excluding carboxylic acids is 1. The van der Waals surface area contributed by atoms with Gasteiger partial charge < -0.3 is 9.94 Å². The Hall–Kier alpha value is -0.750. The van der Waals surface area contributed by atoms with E-state index < -0.39 is 0 Å². The van der Waals surface area contributed by atoms with E-state index in [-0.39, 0.29) is 36.1 Å². The third-order valence-corrected chi connectivity index (χ3v) is 2.92. The van der Waals surface area contributed by atoms with Gasteiger partial charge >= 0.3 is 0 Å². The number of allylic oxidation sites excluding steroid dienone is 1. The molecule has 0 spiro atoms. The highest BCUT2D eigenvalue weighted by molar-refractivity contribution is 5.93. The molecule has 1 fully saturated rings. The lowest BCUT2D eigenvalue weighted by Crippen LogP contribution is -2.42. The summed E-state index contributed by atoms with van der Waals surface area (Å²) in [5, 5.41) is 12.1. The fourth-order valence-electron chi connectivity index (χ4n) is 1.77. The highest BCUT2D eigenvalue weighted by Crippen LogP contribution is 2.27. The van der Waals surface area contributed by atoms with Crippen LogP contribution in [0.2, 0.25) is 0 Å². The molecule has 5 nitrogen and oxygen atoms in total. The van der Waals surface area contributed by atoms with Gasteiger partial charge in [0.05, 0.1) is 12.1 Å². The van der Waals surface area contributed by atoms with Crippen molar-refractivity contribution in [2.45, 2.75) is 52.1 Å². The molecule has 0 amide bonds. The minimum absolute atomic E-state index is 0.0276. The number of hydrogen-bond donors (Lipinski definition) is 3. The molecule has 3 N–H and O–H groups in total. The second-order valence-corrected chi connectivity index (χ2v) is 4.71. The van der Waals surface area contributed by atoms with Gasteiger partial charge in [0, 0.05) is 0 Å².